The van der Waals surface area contributed by atoms with Gasteiger partial charge in [0, 0.05) is 43.4 Å². The molecule has 0 atom stereocenters. The highest BCUT2D eigenvalue weighted by Gasteiger charge is 2.14. The lowest BCUT2D eigenvalue weighted by atomic mass is 10.1. The summed E-state index contributed by atoms with van der Waals surface area (Å²) in [6.45, 7) is -0.0608. The van der Waals surface area contributed by atoms with Crippen molar-refractivity contribution in [2.75, 3.05) is 13.7 Å². The predicted octanol–water partition coefficient (Wildman–Crippen LogP) is 1.30. The van der Waals surface area contributed by atoms with Crippen LogP contribution in [0.25, 0.3) is 5.57 Å². The van der Waals surface area contributed by atoms with E-state index in [4.69, 9.17) is 15.9 Å². The van der Waals surface area contributed by atoms with E-state index in [-0.39, 0.29) is 24.4 Å². The summed E-state index contributed by atoms with van der Waals surface area (Å²) in [6.07, 6.45) is 4.00. The number of para-hydroxylation sites is 1. The number of carboxylic acid groups (broad SMARTS) is 1. The first-order valence-corrected chi connectivity index (χ1v) is 8.16. The molecule has 0 unspecified atom stereocenters. The number of benzene rings is 1. The van der Waals surface area contributed by atoms with E-state index in [1.54, 1.807) is 0 Å². The van der Waals surface area contributed by atoms with Gasteiger partial charge >= 0.3 is 5.97 Å². The number of nitrogens with one attached hydrogen (secondary N) is 1. The molecule has 0 bridgehead atoms. The molecule has 0 spiro atoms. The number of aromatic hydroxyl groups is 1. The molecular weight excluding hydrogens is 364 g/mol. The number of carbonyl (C=O) groups excluding carboxylic acids is 1. The van der Waals surface area contributed by atoms with E-state index in [1.165, 1.54) is 24.7 Å². The fraction of sp³-hybridized carbons (Fsp3) is 0.158. The Labute approximate surface area is 161 Å². The van der Waals surface area contributed by atoms with Gasteiger partial charge < -0.3 is 26.4 Å². The Morgan fingerprint density at radius 1 is 1.25 bits per heavy atom. The molecule has 1 aromatic heterocycles. The zero-order valence-electron chi connectivity index (χ0n) is 15.2. The number of pyridine rings is 1. The van der Waals surface area contributed by atoms with Gasteiger partial charge in [-0.2, -0.15) is 0 Å². The average molecular weight is 386 g/mol. The average Bonchev–Trinajstić information content (AvgIpc) is 2.70. The highest BCUT2D eigenvalue weighted by molar-refractivity contribution is 6.10. The highest BCUT2D eigenvalue weighted by atomic mass is 16.4. The van der Waals surface area contributed by atoms with Crippen molar-refractivity contribution < 1.29 is 24.9 Å². The summed E-state index contributed by atoms with van der Waals surface area (Å²) in [5.41, 5.74) is 7.14. The van der Waals surface area contributed by atoms with Crippen LogP contribution in [-0.2, 0) is 4.79 Å². The first kappa shape index (κ1) is 22.3. The van der Waals surface area contributed by atoms with Crippen molar-refractivity contribution in [2.24, 2.45) is 10.7 Å². The van der Waals surface area contributed by atoms with Gasteiger partial charge in [-0.05, 0) is 18.2 Å². The molecular formula is C19H22N4O5. The van der Waals surface area contributed by atoms with Crippen LogP contribution >= 0.6 is 0 Å². The van der Waals surface area contributed by atoms with Crippen LogP contribution in [0.4, 0.5) is 5.69 Å². The summed E-state index contributed by atoms with van der Waals surface area (Å²) in [5.74, 6) is -2.04. The number of allylic oxidation sites excluding steroid dienone is 1. The molecule has 0 saturated heterocycles. The van der Waals surface area contributed by atoms with Crippen LogP contribution < -0.4 is 11.1 Å². The summed E-state index contributed by atoms with van der Waals surface area (Å²) in [7, 11) is 1.00. The molecule has 1 aromatic carbocycles. The summed E-state index contributed by atoms with van der Waals surface area (Å²) >= 11 is 0. The van der Waals surface area contributed by atoms with Gasteiger partial charge in [-0.3, -0.25) is 14.6 Å². The van der Waals surface area contributed by atoms with Crippen LogP contribution in [0.3, 0.4) is 0 Å². The number of nitrogens with zero attached hydrogens (tertiary/aromatic N) is 2. The Hall–Kier alpha value is -3.72. The molecule has 148 valence electrons. The van der Waals surface area contributed by atoms with Gasteiger partial charge in [0.05, 0.1) is 12.1 Å². The molecule has 2 aromatic rings. The molecule has 28 heavy (non-hydrogen) atoms. The molecule has 0 aliphatic carbocycles. The van der Waals surface area contributed by atoms with Crippen molar-refractivity contribution in [2.45, 2.75) is 6.42 Å². The van der Waals surface area contributed by atoms with E-state index in [0.717, 1.165) is 12.8 Å². The molecule has 9 nitrogen and oxygen atoms in total. The van der Waals surface area contributed by atoms with Crippen molar-refractivity contribution in [1.29, 1.82) is 0 Å². The summed E-state index contributed by atoms with van der Waals surface area (Å²) < 4.78 is 0. The molecule has 9 heteroatoms. The number of aliphatic carboxylic acids is 1. The normalized spacial score (nSPS) is 10.9. The third-order valence-electron chi connectivity index (χ3n) is 3.33. The topological polar surface area (TPSA) is 158 Å². The fourth-order valence-corrected chi connectivity index (χ4v) is 2.02. The second kappa shape index (κ2) is 11.8. The van der Waals surface area contributed by atoms with E-state index >= 15 is 0 Å². The Bertz CT molecular complexity index is 851. The number of aliphatic hydroxyl groups is 1. The number of hydrogen-bond acceptors (Lipinski definition) is 7. The van der Waals surface area contributed by atoms with E-state index in [1.807, 2.05) is 30.3 Å². The number of carboxylic acids is 1. The molecule has 0 saturated carbocycles. The Morgan fingerprint density at radius 2 is 1.93 bits per heavy atom. The van der Waals surface area contributed by atoms with Crippen LogP contribution in [0.15, 0.2) is 53.8 Å². The monoisotopic (exact) mass is 386 g/mol. The van der Waals surface area contributed by atoms with Gasteiger partial charge in [-0.1, -0.05) is 18.2 Å². The number of amides is 1. The van der Waals surface area contributed by atoms with Crippen molar-refractivity contribution in [1.82, 2.24) is 10.3 Å². The van der Waals surface area contributed by atoms with Gasteiger partial charge in [0.2, 0.25) is 0 Å². The quantitative estimate of drug-likeness (QED) is 0.449. The fourth-order valence-electron chi connectivity index (χ4n) is 2.02. The maximum atomic E-state index is 11.9. The molecule has 6 N–H and O–H groups in total. The maximum Gasteiger partial charge on any atom is 0.305 e. The number of carbonyl (C=O) groups is 2. The zero-order valence-corrected chi connectivity index (χ0v) is 15.2. The molecule has 0 radical (unpaired) electrons. The number of hydrogen-bond donors (Lipinski definition) is 5. The van der Waals surface area contributed by atoms with Gasteiger partial charge in [0.25, 0.3) is 5.91 Å². The number of aliphatic imine (C=N–C) groups is 1. The minimum Gasteiger partial charge on any atom is -0.505 e. The molecule has 2 rings (SSSR count). The van der Waals surface area contributed by atoms with E-state index < -0.39 is 11.9 Å². The standard InChI is InChI=1S/C18H18N4O4.CH4O/c19-9-13(11-21-14-4-2-1-3-5-14)12-8-15(23)17(22-10-12)18(26)20-7-6-16(24)25;1-2/h1-5,8-11,23H,6-7,19H2,(H,20,26)(H,24,25);2H,1H3/b13-9+,21-11?;. The molecule has 1 heterocycles. The van der Waals surface area contributed by atoms with Crippen LogP contribution in [0.2, 0.25) is 0 Å². The second-order valence-corrected chi connectivity index (χ2v) is 5.21. The van der Waals surface area contributed by atoms with Crippen LogP contribution in [0, 0.1) is 0 Å². The summed E-state index contributed by atoms with van der Waals surface area (Å²) in [4.78, 5) is 30.6. The third-order valence-corrected chi connectivity index (χ3v) is 3.33. The van der Waals surface area contributed by atoms with E-state index in [0.29, 0.717) is 11.1 Å². The zero-order chi connectivity index (χ0) is 20.9. The first-order valence-electron chi connectivity index (χ1n) is 8.16. The lowest BCUT2D eigenvalue weighted by molar-refractivity contribution is -0.136. The third kappa shape index (κ3) is 6.89. The van der Waals surface area contributed by atoms with Crippen molar-refractivity contribution in [3.05, 3.63) is 60.1 Å². The minimum absolute atomic E-state index is 0.0608. The largest absolute Gasteiger partial charge is 0.505 e. The lowest BCUT2D eigenvalue weighted by Gasteiger charge is -2.07. The van der Waals surface area contributed by atoms with E-state index in [2.05, 4.69) is 15.3 Å². The number of rotatable bonds is 7. The number of aromatic nitrogens is 1. The number of nitrogens with two attached hydrogens (primary N) is 1. The summed E-state index contributed by atoms with van der Waals surface area (Å²) in [5, 5.41) is 28.0. The lowest BCUT2D eigenvalue weighted by Crippen LogP contribution is -2.26. The SMILES string of the molecule is CO.N/C=C(\C=Nc1ccccc1)c1cnc(C(=O)NCCC(=O)O)c(O)c1. The van der Waals surface area contributed by atoms with Crippen molar-refractivity contribution >= 4 is 29.4 Å². The first-order chi connectivity index (χ1) is 13.5. The van der Waals surface area contributed by atoms with Gasteiger partial charge in [0.15, 0.2) is 5.69 Å². The predicted molar refractivity (Wildman–Crippen MR) is 105 cm³/mol. The minimum atomic E-state index is -1.03. The molecule has 0 fully saturated rings. The Balaban J connectivity index is 0.00000190. The van der Waals surface area contributed by atoms with E-state index in [9.17, 15) is 14.7 Å². The summed E-state index contributed by atoms with van der Waals surface area (Å²) in [6, 6.07) is 10.6. The van der Waals surface area contributed by atoms with Crippen molar-refractivity contribution in [3.8, 4) is 5.75 Å². The molecule has 1 amide bonds. The molecule has 0 aliphatic heterocycles. The number of aliphatic hydroxyl groups excluding tert-OH is 1. The van der Waals surface area contributed by atoms with Crippen LogP contribution in [-0.4, -0.2) is 52.0 Å². The van der Waals surface area contributed by atoms with Crippen LogP contribution in [0.5, 0.6) is 5.75 Å². The van der Waals surface area contributed by atoms with Crippen molar-refractivity contribution in [3.63, 3.8) is 0 Å². The van der Waals surface area contributed by atoms with Gasteiger partial charge in [0.1, 0.15) is 5.75 Å². The highest BCUT2D eigenvalue weighted by Crippen LogP contribution is 2.21. The Morgan fingerprint density at radius 3 is 2.50 bits per heavy atom. The Kier molecular flexibility index (Phi) is 9.42. The smallest absolute Gasteiger partial charge is 0.305 e. The molecule has 0 aliphatic rings. The van der Waals surface area contributed by atoms with Gasteiger partial charge in [-0.15, -0.1) is 0 Å². The van der Waals surface area contributed by atoms with Crippen LogP contribution in [0.1, 0.15) is 22.5 Å². The van der Waals surface area contributed by atoms with Gasteiger partial charge in [-0.25, -0.2) is 4.98 Å². The second-order valence-electron chi connectivity index (χ2n) is 5.21. The maximum absolute atomic E-state index is 11.9.